The summed E-state index contributed by atoms with van der Waals surface area (Å²) in [4.78, 5) is 52.0. The van der Waals surface area contributed by atoms with Crippen molar-refractivity contribution in [2.75, 3.05) is 6.61 Å². The van der Waals surface area contributed by atoms with Gasteiger partial charge in [-0.3, -0.25) is 14.4 Å². The van der Waals surface area contributed by atoms with Gasteiger partial charge in [-0.05, 0) is 71.6 Å². The summed E-state index contributed by atoms with van der Waals surface area (Å²) in [5.41, 5.74) is -0.187. The molecule has 280 valence electrons. The first-order chi connectivity index (χ1) is 22.9. The van der Waals surface area contributed by atoms with E-state index in [4.69, 9.17) is 9.47 Å². The second-order valence-electron chi connectivity index (χ2n) is 15.5. The Morgan fingerprint density at radius 2 is 1.20 bits per heavy atom. The zero-order chi connectivity index (χ0) is 37.0. The summed E-state index contributed by atoms with van der Waals surface area (Å²) in [6, 6.07) is 4.06. The van der Waals surface area contributed by atoms with Crippen LogP contribution in [0.5, 0.6) is 5.75 Å². The molecule has 0 saturated heterocycles. The molecular formula is C39H67N3O7. The van der Waals surface area contributed by atoms with E-state index in [1.165, 1.54) is 44.9 Å². The summed E-state index contributed by atoms with van der Waals surface area (Å²) in [5.74, 6) is -2.33. The molecule has 0 aliphatic rings. The van der Waals surface area contributed by atoms with Crippen molar-refractivity contribution in [2.24, 2.45) is 5.92 Å². The third-order valence-electron chi connectivity index (χ3n) is 7.99. The van der Waals surface area contributed by atoms with Crippen LogP contribution in [0.15, 0.2) is 24.3 Å². The standard InChI is InChI=1S/C39H67N3O7/c1-10-11-12-13-14-15-16-17-18-19-20-21-33(43)40-31(26-29-22-24-30(25-23-29)49-39(7,8)9)35(44)41-32(27-48-38(4,5)6)36(45)42-34(28(2)3)37(46)47/h22-25,28,31-32,34H,10-21,26-27H2,1-9H3,(H,40,43)(H,41,44)(H,42,45)(H,46,47)/t31-,32-,34-/m0/s1. The minimum Gasteiger partial charge on any atom is -0.488 e. The third-order valence-corrected chi connectivity index (χ3v) is 7.99. The minimum atomic E-state index is -1.18. The van der Waals surface area contributed by atoms with Crippen molar-refractivity contribution in [1.29, 1.82) is 0 Å². The number of carbonyl (C=O) groups is 4. The molecule has 10 nitrogen and oxygen atoms in total. The molecule has 0 aliphatic carbocycles. The zero-order valence-corrected chi connectivity index (χ0v) is 31.9. The highest BCUT2D eigenvalue weighted by atomic mass is 16.5. The van der Waals surface area contributed by atoms with Gasteiger partial charge in [0.1, 0.15) is 29.5 Å². The van der Waals surface area contributed by atoms with E-state index in [2.05, 4.69) is 22.9 Å². The lowest BCUT2D eigenvalue weighted by Gasteiger charge is -2.28. The van der Waals surface area contributed by atoms with Crippen LogP contribution in [0.2, 0.25) is 0 Å². The van der Waals surface area contributed by atoms with Gasteiger partial charge in [0, 0.05) is 12.8 Å². The van der Waals surface area contributed by atoms with Crippen molar-refractivity contribution < 1.29 is 33.8 Å². The van der Waals surface area contributed by atoms with Crippen LogP contribution in [0.1, 0.15) is 145 Å². The van der Waals surface area contributed by atoms with Gasteiger partial charge in [-0.1, -0.05) is 97.1 Å². The largest absolute Gasteiger partial charge is 0.488 e. The minimum absolute atomic E-state index is 0.177. The molecule has 0 radical (unpaired) electrons. The van der Waals surface area contributed by atoms with Crippen LogP contribution in [0.25, 0.3) is 0 Å². The topological polar surface area (TPSA) is 143 Å². The Labute approximate surface area is 296 Å². The molecule has 0 aliphatic heterocycles. The van der Waals surface area contributed by atoms with Crippen LogP contribution in [0.4, 0.5) is 0 Å². The van der Waals surface area contributed by atoms with E-state index in [-0.39, 0.29) is 30.5 Å². The summed E-state index contributed by atoms with van der Waals surface area (Å²) in [6.07, 6.45) is 13.4. The Morgan fingerprint density at radius 3 is 1.67 bits per heavy atom. The number of carboxylic acid groups (broad SMARTS) is 1. The van der Waals surface area contributed by atoms with Crippen molar-refractivity contribution in [2.45, 2.75) is 175 Å². The molecule has 1 aromatic rings. The number of aliphatic carboxylic acids is 1. The maximum atomic E-state index is 13.8. The monoisotopic (exact) mass is 689 g/mol. The van der Waals surface area contributed by atoms with Crippen LogP contribution < -0.4 is 20.7 Å². The summed E-state index contributed by atoms with van der Waals surface area (Å²) >= 11 is 0. The van der Waals surface area contributed by atoms with Crippen molar-refractivity contribution in [3.8, 4) is 5.75 Å². The van der Waals surface area contributed by atoms with Gasteiger partial charge >= 0.3 is 5.97 Å². The number of nitrogens with one attached hydrogen (secondary N) is 3. The third kappa shape index (κ3) is 20.9. The first kappa shape index (κ1) is 43.9. The second kappa shape index (κ2) is 22.6. The lowest BCUT2D eigenvalue weighted by Crippen LogP contribution is -2.58. The molecule has 0 spiro atoms. The Morgan fingerprint density at radius 1 is 0.694 bits per heavy atom. The average Bonchev–Trinajstić information content (AvgIpc) is 2.99. The highest BCUT2D eigenvalue weighted by Crippen LogP contribution is 2.20. The molecule has 0 heterocycles. The van der Waals surface area contributed by atoms with Gasteiger partial charge in [0.15, 0.2) is 0 Å². The van der Waals surface area contributed by atoms with Gasteiger partial charge in [0.05, 0.1) is 12.2 Å². The molecule has 0 fully saturated rings. The van der Waals surface area contributed by atoms with Gasteiger partial charge in [-0.2, -0.15) is 0 Å². The molecule has 0 saturated carbocycles. The predicted molar refractivity (Wildman–Crippen MR) is 196 cm³/mol. The van der Waals surface area contributed by atoms with E-state index >= 15 is 0 Å². The Kier molecular flexibility index (Phi) is 20.2. The molecule has 0 aromatic heterocycles. The van der Waals surface area contributed by atoms with Crippen LogP contribution in [0.3, 0.4) is 0 Å². The van der Waals surface area contributed by atoms with Crippen LogP contribution in [-0.4, -0.2) is 64.7 Å². The van der Waals surface area contributed by atoms with E-state index in [0.29, 0.717) is 12.2 Å². The quantitative estimate of drug-likeness (QED) is 0.0847. The van der Waals surface area contributed by atoms with Gasteiger partial charge in [-0.25, -0.2) is 4.79 Å². The fourth-order valence-electron chi connectivity index (χ4n) is 5.26. The SMILES string of the molecule is CCCCCCCCCCCCCC(=O)N[C@@H](Cc1ccc(OC(C)(C)C)cc1)C(=O)N[C@@H](COC(C)(C)C)C(=O)N[C@H](C(=O)O)C(C)C. The molecule has 4 N–H and O–H groups in total. The second-order valence-corrected chi connectivity index (χ2v) is 15.5. The number of carboxylic acids is 1. The van der Waals surface area contributed by atoms with Crippen molar-refractivity contribution in [1.82, 2.24) is 16.0 Å². The smallest absolute Gasteiger partial charge is 0.326 e. The van der Waals surface area contributed by atoms with E-state index in [1.54, 1.807) is 13.8 Å². The first-order valence-electron chi connectivity index (χ1n) is 18.5. The maximum absolute atomic E-state index is 13.8. The summed E-state index contributed by atoms with van der Waals surface area (Å²) in [5, 5.41) is 17.8. The lowest BCUT2D eigenvalue weighted by atomic mass is 10.0. The van der Waals surface area contributed by atoms with E-state index in [0.717, 1.165) is 31.2 Å². The Bertz CT molecular complexity index is 1120. The fourth-order valence-corrected chi connectivity index (χ4v) is 5.26. The normalized spacial score (nSPS) is 13.8. The summed E-state index contributed by atoms with van der Waals surface area (Å²) < 4.78 is 11.8. The number of benzene rings is 1. The number of hydrogen-bond donors (Lipinski definition) is 4. The molecule has 0 bridgehead atoms. The number of ether oxygens (including phenoxy) is 2. The number of rotatable bonds is 24. The summed E-state index contributed by atoms with van der Waals surface area (Å²) in [6.45, 7) is 16.8. The average molecular weight is 690 g/mol. The molecule has 49 heavy (non-hydrogen) atoms. The molecule has 0 unspecified atom stereocenters. The number of hydrogen-bond acceptors (Lipinski definition) is 6. The highest BCUT2D eigenvalue weighted by molar-refractivity contribution is 5.93. The molecular weight excluding hydrogens is 622 g/mol. The van der Waals surface area contributed by atoms with Crippen molar-refractivity contribution in [3.05, 3.63) is 29.8 Å². The molecule has 3 atom stereocenters. The molecule has 1 rings (SSSR count). The van der Waals surface area contributed by atoms with E-state index < -0.39 is 41.5 Å². The van der Waals surface area contributed by atoms with Crippen LogP contribution in [0, 0.1) is 5.92 Å². The van der Waals surface area contributed by atoms with Crippen LogP contribution >= 0.6 is 0 Å². The fraction of sp³-hybridized carbons (Fsp3) is 0.744. The lowest BCUT2D eigenvalue weighted by molar-refractivity contribution is -0.144. The Hall–Kier alpha value is -3.14. The van der Waals surface area contributed by atoms with Gasteiger partial charge in [-0.15, -0.1) is 0 Å². The van der Waals surface area contributed by atoms with Gasteiger partial charge in [0.2, 0.25) is 17.7 Å². The number of amides is 3. The summed E-state index contributed by atoms with van der Waals surface area (Å²) in [7, 11) is 0. The molecule has 1 aromatic carbocycles. The zero-order valence-electron chi connectivity index (χ0n) is 31.9. The number of unbranched alkanes of at least 4 members (excludes halogenated alkanes) is 10. The van der Waals surface area contributed by atoms with Crippen LogP contribution in [-0.2, 0) is 30.3 Å². The van der Waals surface area contributed by atoms with E-state index in [1.807, 2.05) is 65.8 Å². The number of carbonyl (C=O) groups excluding carboxylic acids is 3. The Balaban J connectivity index is 2.99. The molecule has 3 amide bonds. The van der Waals surface area contributed by atoms with Crippen molar-refractivity contribution >= 4 is 23.7 Å². The highest BCUT2D eigenvalue weighted by Gasteiger charge is 2.32. The molecule has 10 heteroatoms. The van der Waals surface area contributed by atoms with E-state index in [9.17, 15) is 24.3 Å². The maximum Gasteiger partial charge on any atom is 0.326 e. The van der Waals surface area contributed by atoms with Crippen molar-refractivity contribution in [3.63, 3.8) is 0 Å². The van der Waals surface area contributed by atoms with Gasteiger partial charge in [0.25, 0.3) is 0 Å². The predicted octanol–water partition coefficient (Wildman–Crippen LogP) is 7.12. The van der Waals surface area contributed by atoms with Gasteiger partial charge < -0.3 is 30.5 Å². The first-order valence-corrected chi connectivity index (χ1v) is 18.5.